The highest BCUT2D eigenvalue weighted by atomic mass is 19.1. The molecular formula is C28H29FN2O4. The third-order valence-electron chi connectivity index (χ3n) is 5.83. The monoisotopic (exact) mass is 476 g/mol. The number of hydrogen-bond donors (Lipinski definition) is 0. The minimum atomic E-state index is -0.666. The molecule has 0 fully saturated rings. The highest BCUT2D eigenvalue weighted by Gasteiger charge is 2.35. The summed E-state index contributed by atoms with van der Waals surface area (Å²) in [5, 5.41) is 9.60. The van der Waals surface area contributed by atoms with Gasteiger partial charge in [0.2, 0.25) is 0 Å². The number of methoxy groups -OCH3 is 1. The van der Waals surface area contributed by atoms with E-state index in [1.165, 1.54) is 30.7 Å². The van der Waals surface area contributed by atoms with Crippen LogP contribution in [0, 0.1) is 17.1 Å². The number of carbonyl (C=O) groups excluding carboxylic acids is 2. The first-order chi connectivity index (χ1) is 16.9. The summed E-state index contributed by atoms with van der Waals surface area (Å²) in [5.74, 6) is -0.466. The van der Waals surface area contributed by atoms with Crippen molar-refractivity contribution in [3.05, 3.63) is 76.1 Å². The zero-order valence-corrected chi connectivity index (χ0v) is 20.3. The highest BCUT2D eigenvalue weighted by molar-refractivity contribution is 6.19. The van der Waals surface area contributed by atoms with Crippen molar-refractivity contribution in [3.8, 4) is 17.6 Å². The van der Waals surface area contributed by atoms with E-state index in [0.29, 0.717) is 34.8 Å². The zero-order chi connectivity index (χ0) is 25.4. The summed E-state index contributed by atoms with van der Waals surface area (Å²) in [5.41, 5.74) is 1.69. The van der Waals surface area contributed by atoms with Crippen molar-refractivity contribution in [2.75, 3.05) is 13.7 Å². The van der Waals surface area contributed by atoms with Crippen LogP contribution in [0.4, 0.5) is 4.39 Å². The number of imide groups is 1. The van der Waals surface area contributed by atoms with Crippen LogP contribution in [0.15, 0.2) is 59.2 Å². The lowest BCUT2D eigenvalue weighted by Gasteiger charge is -2.27. The number of benzene rings is 2. The smallest absolute Gasteiger partial charge is 0.271 e. The molecular weight excluding hydrogens is 447 g/mol. The number of nitriles is 1. The van der Waals surface area contributed by atoms with E-state index in [1.807, 2.05) is 6.07 Å². The summed E-state index contributed by atoms with van der Waals surface area (Å²) >= 11 is 0. The van der Waals surface area contributed by atoms with E-state index in [1.54, 1.807) is 38.3 Å². The Kier molecular flexibility index (Phi) is 8.80. The van der Waals surface area contributed by atoms with Crippen LogP contribution in [0.5, 0.6) is 11.5 Å². The van der Waals surface area contributed by atoms with Crippen molar-refractivity contribution in [2.24, 2.45) is 0 Å². The first-order valence-corrected chi connectivity index (χ1v) is 11.6. The molecule has 0 aliphatic carbocycles. The molecule has 1 heterocycles. The molecule has 0 saturated carbocycles. The summed E-state index contributed by atoms with van der Waals surface area (Å²) in [7, 11) is 1.55. The highest BCUT2D eigenvalue weighted by Crippen LogP contribution is 2.32. The lowest BCUT2D eigenvalue weighted by molar-refractivity contribution is -0.141. The van der Waals surface area contributed by atoms with Crippen molar-refractivity contribution in [1.29, 1.82) is 5.26 Å². The molecule has 0 aromatic heterocycles. The zero-order valence-electron chi connectivity index (χ0n) is 20.3. The van der Waals surface area contributed by atoms with Gasteiger partial charge in [0.05, 0.1) is 20.3 Å². The molecule has 0 unspecified atom stereocenters. The minimum absolute atomic E-state index is 0.0676. The Morgan fingerprint density at radius 3 is 2.43 bits per heavy atom. The van der Waals surface area contributed by atoms with Gasteiger partial charge in [0.15, 0.2) is 11.5 Å². The van der Waals surface area contributed by atoms with Crippen LogP contribution in [0.2, 0.25) is 0 Å². The van der Waals surface area contributed by atoms with Gasteiger partial charge in [-0.05, 0) is 60.4 Å². The lowest BCUT2D eigenvalue weighted by Crippen LogP contribution is -2.42. The van der Waals surface area contributed by atoms with Crippen LogP contribution in [-0.2, 0) is 16.1 Å². The van der Waals surface area contributed by atoms with Crippen LogP contribution < -0.4 is 9.47 Å². The number of rotatable bonds is 10. The Bertz CT molecular complexity index is 1190. The lowest BCUT2D eigenvalue weighted by atomic mass is 9.93. The average molecular weight is 477 g/mol. The second-order valence-electron chi connectivity index (χ2n) is 8.31. The Hall–Kier alpha value is -3.92. The van der Waals surface area contributed by atoms with Gasteiger partial charge in [0.25, 0.3) is 11.8 Å². The predicted octanol–water partition coefficient (Wildman–Crippen LogP) is 5.59. The quantitative estimate of drug-likeness (QED) is 0.254. The van der Waals surface area contributed by atoms with Crippen molar-refractivity contribution in [3.63, 3.8) is 0 Å². The van der Waals surface area contributed by atoms with Crippen molar-refractivity contribution in [1.82, 2.24) is 4.90 Å². The maximum Gasteiger partial charge on any atom is 0.271 e. The van der Waals surface area contributed by atoms with E-state index in [0.717, 1.165) is 24.2 Å². The SMILES string of the molecule is CCCCCCOc1ccc(/C=C2/C(=O)N(Cc3ccc(F)cc3)C(=O)C(C#N)=C2C)cc1OC. The Morgan fingerprint density at radius 2 is 1.77 bits per heavy atom. The van der Waals surface area contributed by atoms with Gasteiger partial charge in [-0.2, -0.15) is 5.26 Å². The molecule has 6 nitrogen and oxygen atoms in total. The van der Waals surface area contributed by atoms with Gasteiger partial charge in [0, 0.05) is 5.57 Å². The fraction of sp³-hybridized carbons (Fsp3) is 0.321. The topological polar surface area (TPSA) is 79.6 Å². The fourth-order valence-electron chi connectivity index (χ4n) is 3.82. The number of halogens is 1. The summed E-state index contributed by atoms with van der Waals surface area (Å²) in [6.45, 7) is 4.26. The second kappa shape index (κ2) is 12.0. The molecule has 1 aliphatic rings. The van der Waals surface area contributed by atoms with Crippen molar-refractivity contribution in [2.45, 2.75) is 46.1 Å². The molecule has 0 N–H and O–H groups in total. The first kappa shape index (κ1) is 25.7. The number of unbranched alkanes of at least 4 members (excludes halogenated alkanes) is 3. The third kappa shape index (κ3) is 6.15. The number of nitrogens with zero attached hydrogens (tertiary/aromatic N) is 2. The normalized spacial score (nSPS) is 14.9. The first-order valence-electron chi connectivity index (χ1n) is 11.6. The van der Waals surface area contributed by atoms with Gasteiger partial charge in [0.1, 0.15) is 17.5 Å². The number of amides is 2. The summed E-state index contributed by atoms with van der Waals surface area (Å²) in [6, 6.07) is 12.8. The number of ether oxygens (including phenoxy) is 2. The Morgan fingerprint density at radius 1 is 1.03 bits per heavy atom. The molecule has 7 heteroatoms. The van der Waals surface area contributed by atoms with Crippen molar-refractivity contribution < 1.29 is 23.5 Å². The van der Waals surface area contributed by atoms with E-state index < -0.39 is 17.6 Å². The Labute approximate surface area is 205 Å². The fourth-order valence-corrected chi connectivity index (χ4v) is 3.82. The van der Waals surface area contributed by atoms with Gasteiger partial charge in [-0.15, -0.1) is 0 Å². The van der Waals surface area contributed by atoms with Crippen LogP contribution >= 0.6 is 0 Å². The van der Waals surface area contributed by atoms with E-state index in [4.69, 9.17) is 9.47 Å². The predicted molar refractivity (Wildman–Crippen MR) is 131 cm³/mol. The molecule has 2 aromatic carbocycles. The van der Waals surface area contributed by atoms with E-state index >= 15 is 0 Å². The van der Waals surface area contributed by atoms with E-state index in [9.17, 15) is 19.2 Å². The molecule has 0 spiro atoms. The maximum absolute atomic E-state index is 13.3. The van der Waals surface area contributed by atoms with E-state index in [-0.39, 0.29) is 17.7 Å². The van der Waals surface area contributed by atoms with Crippen LogP contribution in [-0.4, -0.2) is 30.4 Å². The summed E-state index contributed by atoms with van der Waals surface area (Å²) in [6.07, 6.45) is 6.01. The van der Waals surface area contributed by atoms with E-state index in [2.05, 4.69) is 6.92 Å². The minimum Gasteiger partial charge on any atom is -0.493 e. The van der Waals surface area contributed by atoms with Gasteiger partial charge in [-0.25, -0.2) is 4.39 Å². The number of hydrogen-bond acceptors (Lipinski definition) is 5. The van der Waals surface area contributed by atoms with Crippen LogP contribution in [0.25, 0.3) is 6.08 Å². The second-order valence-corrected chi connectivity index (χ2v) is 8.31. The molecule has 182 valence electrons. The molecule has 3 rings (SSSR count). The molecule has 1 aliphatic heterocycles. The molecule has 35 heavy (non-hydrogen) atoms. The Balaban J connectivity index is 1.89. The average Bonchev–Trinajstić information content (AvgIpc) is 2.86. The van der Waals surface area contributed by atoms with Crippen LogP contribution in [0.1, 0.15) is 50.7 Å². The van der Waals surface area contributed by atoms with Crippen LogP contribution in [0.3, 0.4) is 0 Å². The molecule has 2 aromatic rings. The molecule has 2 amide bonds. The summed E-state index contributed by atoms with van der Waals surface area (Å²) in [4.78, 5) is 27.2. The standard InChI is InChI=1S/C28H29FN2O4/c1-4-5-6-7-14-35-25-13-10-21(16-26(25)34-3)15-23-19(2)24(17-30)28(33)31(27(23)32)18-20-8-11-22(29)12-9-20/h8-13,15-16H,4-7,14,18H2,1-3H3/b23-15+. The molecule has 0 atom stereocenters. The molecule has 0 radical (unpaired) electrons. The van der Waals surface area contributed by atoms with Crippen molar-refractivity contribution >= 4 is 17.9 Å². The summed E-state index contributed by atoms with van der Waals surface area (Å²) < 4.78 is 24.6. The number of carbonyl (C=O) groups is 2. The van der Waals surface area contributed by atoms with Gasteiger partial charge in [-0.1, -0.05) is 44.4 Å². The molecule has 0 saturated heterocycles. The maximum atomic E-state index is 13.3. The van der Waals surface area contributed by atoms with Gasteiger partial charge >= 0.3 is 0 Å². The third-order valence-corrected chi connectivity index (χ3v) is 5.83. The van der Waals surface area contributed by atoms with Gasteiger partial charge < -0.3 is 9.47 Å². The van der Waals surface area contributed by atoms with Gasteiger partial charge in [-0.3, -0.25) is 14.5 Å². The largest absolute Gasteiger partial charge is 0.493 e. The molecule has 0 bridgehead atoms.